The summed E-state index contributed by atoms with van der Waals surface area (Å²) in [6, 6.07) is 12.4. The number of rotatable bonds is 5. The lowest BCUT2D eigenvalue weighted by Gasteiger charge is -2.36. The number of dihydropyridines is 1. The van der Waals surface area contributed by atoms with Crippen LogP contribution in [0.5, 0.6) is 0 Å². The fourth-order valence-corrected chi connectivity index (χ4v) is 5.38. The molecule has 1 aromatic carbocycles. The van der Waals surface area contributed by atoms with Crippen LogP contribution >= 0.6 is 11.3 Å². The van der Waals surface area contributed by atoms with Crippen LogP contribution in [0.3, 0.4) is 0 Å². The summed E-state index contributed by atoms with van der Waals surface area (Å²) in [4.78, 5) is 29.3. The van der Waals surface area contributed by atoms with Crippen LogP contribution in [0.4, 0.5) is 5.69 Å². The average Bonchev–Trinajstić information content (AvgIpc) is 3.27. The number of nitrogens with zero attached hydrogens (tertiary/aromatic N) is 1. The molecule has 31 heavy (non-hydrogen) atoms. The largest absolute Gasteiger partial charge is 0.463 e. The molecule has 4 rings (SSSR count). The van der Waals surface area contributed by atoms with Gasteiger partial charge in [-0.3, -0.25) is 4.79 Å². The van der Waals surface area contributed by atoms with Crippen LogP contribution in [0.2, 0.25) is 0 Å². The molecule has 2 aliphatic rings. The summed E-state index contributed by atoms with van der Waals surface area (Å²) in [6.45, 7) is 4.00. The average molecular weight is 437 g/mol. The number of carbonyl (C=O) groups is 2. The van der Waals surface area contributed by atoms with Crippen LogP contribution < -0.4 is 10.2 Å². The van der Waals surface area contributed by atoms with E-state index in [1.165, 1.54) is 0 Å². The van der Waals surface area contributed by atoms with Gasteiger partial charge >= 0.3 is 5.97 Å². The molecule has 1 aliphatic heterocycles. The molecule has 0 saturated carbocycles. The Balaban J connectivity index is 1.71. The van der Waals surface area contributed by atoms with Gasteiger partial charge in [0.2, 0.25) is 0 Å². The minimum Gasteiger partial charge on any atom is -0.463 e. The van der Waals surface area contributed by atoms with E-state index in [2.05, 4.69) is 34.5 Å². The van der Waals surface area contributed by atoms with Gasteiger partial charge in [-0.1, -0.05) is 18.2 Å². The van der Waals surface area contributed by atoms with Gasteiger partial charge in [-0.2, -0.15) is 0 Å². The third-order valence-electron chi connectivity index (χ3n) is 6.03. The molecule has 6 heteroatoms. The Morgan fingerprint density at radius 1 is 1.19 bits per heavy atom. The molecule has 0 radical (unpaired) electrons. The zero-order valence-electron chi connectivity index (χ0n) is 18.4. The van der Waals surface area contributed by atoms with Crippen molar-refractivity contribution in [2.45, 2.75) is 38.5 Å². The van der Waals surface area contributed by atoms with Crippen molar-refractivity contribution in [1.82, 2.24) is 5.32 Å². The molecule has 1 N–H and O–H groups in total. The number of carbonyl (C=O) groups excluding carboxylic acids is 2. The predicted octanol–water partition coefficient (Wildman–Crippen LogP) is 4.74. The van der Waals surface area contributed by atoms with Crippen LogP contribution in [0.1, 0.15) is 49.0 Å². The molecule has 0 unspecified atom stereocenters. The van der Waals surface area contributed by atoms with Crippen LogP contribution in [-0.4, -0.2) is 32.5 Å². The Morgan fingerprint density at radius 2 is 1.94 bits per heavy atom. The summed E-state index contributed by atoms with van der Waals surface area (Å²) in [5, 5.41) is 5.38. The first-order chi connectivity index (χ1) is 14.9. The molecule has 1 aromatic heterocycles. The number of esters is 1. The number of allylic oxidation sites excluding steroid dienone is 3. The maximum Gasteiger partial charge on any atom is 0.336 e. The molecule has 0 saturated heterocycles. The molecule has 2 aromatic rings. The van der Waals surface area contributed by atoms with Gasteiger partial charge in [0.15, 0.2) is 5.78 Å². The number of hydrogen-bond donors (Lipinski definition) is 1. The molecule has 162 valence electrons. The summed E-state index contributed by atoms with van der Waals surface area (Å²) >= 11 is 1.57. The fourth-order valence-electron chi connectivity index (χ4n) is 4.54. The van der Waals surface area contributed by atoms with Gasteiger partial charge in [-0.05, 0) is 55.3 Å². The highest BCUT2D eigenvalue weighted by molar-refractivity contribution is 7.10. The topological polar surface area (TPSA) is 58.6 Å². The number of Topliss-reactive ketones (excluding diaryl/α,β-unsaturated/α-hetero) is 1. The summed E-state index contributed by atoms with van der Waals surface area (Å²) in [6.07, 6.45) is 1.19. The van der Waals surface area contributed by atoms with Crippen molar-refractivity contribution in [3.05, 3.63) is 74.8 Å². The SMILES string of the molecule is CCOC(=O)C1=C(C)NC2=C(C(=O)C[C@@H](c3ccc(N(C)C)cc3)C2)[C@H]1c1cccs1. The maximum absolute atomic E-state index is 13.4. The zero-order valence-corrected chi connectivity index (χ0v) is 19.2. The van der Waals surface area contributed by atoms with Crippen molar-refractivity contribution in [2.75, 3.05) is 25.6 Å². The lowest BCUT2D eigenvalue weighted by Crippen LogP contribution is -2.35. The van der Waals surface area contributed by atoms with Crippen LogP contribution in [0, 0.1) is 0 Å². The van der Waals surface area contributed by atoms with Gasteiger partial charge < -0.3 is 15.0 Å². The second-order valence-electron chi connectivity index (χ2n) is 8.24. The number of ketones is 1. The molecular formula is C25H28N2O3S. The Kier molecular flexibility index (Phi) is 6.01. The number of anilines is 1. The first-order valence-corrected chi connectivity index (χ1v) is 11.5. The second-order valence-corrected chi connectivity index (χ2v) is 9.22. The zero-order chi connectivity index (χ0) is 22.1. The molecule has 0 fully saturated rings. The van der Waals surface area contributed by atoms with Crippen molar-refractivity contribution in [2.24, 2.45) is 0 Å². The summed E-state index contributed by atoms with van der Waals surface area (Å²) in [7, 11) is 4.03. The number of thiophene rings is 1. The van der Waals surface area contributed by atoms with E-state index in [0.717, 1.165) is 39.5 Å². The van der Waals surface area contributed by atoms with Crippen molar-refractivity contribution in [3.8, 4) is 0 Å². The van der Waals surface area contributed by atoms with Crippen molar-refractivity contribution < 1.29 is 14.3 Å². The minimum absolute atomic E-state index is 0.100. The molecule has 0 bridgehead atoms. The molecule has 1 aliphatic carbocycles. The smallest absolute Gasteiger partial charge is 0.336 e. The first-order valence-electron chi connectivity index (χ1n) is 10.6. The Bertz CT molecular complexity index is 1050. The number of nitrogens with one attached hydrogen (secondary N) is 1. The first kappa shape index (κ1) is 21.4. The fraction of sp³-hybridized carbons (Fsp3) is 0.360. The third kappa shape index (κ3) is 4.04. The predicted molar refractivity (Wildman–Crippen MR) is 124 cm³/mol. The highest BCUT2D eigenvalue weighted by atomic mass is 32.1. The molecule has 0 amide bonds. The van der Waals surface area contributed by atoms with Gasteiger partial charge in [-0.15, -0.1) is 11.3 Å². The Hall–Kier alpha value is -2.86. The Labute approximate surface area is 187 Å². The van der Waals surface area contributed by atoms with Crippen molar-refractivity contribution in [3.63, 3.8) is 0 Å². The van der Waals surface area contributed by atoms with Crippen LogP contribution in [-0.2, 0) is 14.3 Å². The van der Waals surface area contributed by atoms with E-state index < -0.39 is 0 Å². The number of ether oxygens (including phenoxy) is 1. The monoisotopic (exact) mass is 436 g/mol. The lowest BCUT2D eigenvalue weighted by molar-refractivity contribution is -0.138. The van der Waals surface area contributed by atoms with E-state index in [4.69, 9.17) is 4.74 Å². The molecule has 5 nitrogen and oxygen atoms in total. The minimum atomic E-state index is -0.361. The van der Waals surface area contributed by atoms with Gasteiger partial charge in [0.25, 0.3) is 0 Å². The second kappa shape index (κ2) is 8.71. The molecule has 2 heterocycles. The molecule has 0 spiro atoms. The van der Waals surface area contributed by atoms with Gasteiger partial charge in [0, 0.05) is 48.0 Å². The molecular weight excluding hydrogens is 408 g/mol. The quantitative estimate of drug-likeness (QED) is 0.686. The summed E-state index contributed by atoms with van der Waals surface area (Å²) < 4.78 is 5.35. The van der Waals surface area contributed by atoms with E-state index in [-0.39, 0.29) is 23.6 Å². The van der Waals surface area contributed by atoms with Crippen molar-refractivity contribution in [1.29, 1.82) is 0 Å². The van der Waals surface area contributed by atoms with E-state index >= 15 is 0 Å². The normalized spacial score (nSPS) is 21.0. The van der Waals surface area contributed by atoms with Gasteiger partial charge in [-0.25, -0.2) is 4.79 Å². The van der Waals surface area contributed by atoms with Crippen molar-refractivity contribution >= 4 is 28.8 Å². The van der Waals surface area contributed by atoms with E-state index in [0.29, 0.717) is 18.6 Å². The van der Waals surface area contributed by atoms with E-state index in [1.54, 1.807) is 18.3 Å². The highest BCUT2D eigenvalue weighted by Crippen LogP contribution is 2.46. The number of benzene rings is 1. The summed E-state index contributed by atoms with van der Waals surface area (Å²) in [5.74, 6) is -0.495. The van der Waals surface area contributed by atoms with Crippen LogP contribution in [0.25, 0.3) is 0 Å². The van der Waals surface area contributed by atoms with Gasteiger partial charge in [0.05, 0.1) is 18.1 Å². The maximum atomic E-state index is 13.4. The molecule has 2 atom stereocenters. The lowest BCUT2D eigenvalue weighted by atomic mass is 9.73. The van der Waals surface area contributed by atoms with Gasteiger partial charge in [0.1, 0.15) is 0 Å². The third-order valence-corrected chi connectivity index (χ3v) is 6.97. The van der Waals surface area contributed by atoms with E-state index in [1.807, 2.05) is 38.5 Å². The standard InChI is InChI=1S/C25H28N2O3S/c1-5-30-25(29)22-15(2)26-19-13-17(16-8-10-18(11-9-16)27(3)4)14-20(28)23(19)24(22)21-7-6-12-31-21/h6-12,17,24,26H,5,13-14H2,1-4H3/t17-,24-/m0/s1. The Morgan fingerprint density at radius 3 is 2.55 bits per heavy atom. The van der Waals surface area contributed by atoms with Crippen LogP contribution in [0.15, 0.2) is 64.3 Å². The summed E-state index contributed by atoms with van der Waals surface area (Å²) in [5.41, 5.74) is 5.27. The number of hydrogen-bond acceptors (Lipinski definition) is 6. The highest BCUT2D eigenvalue weighted by Gasteiger charge is 2.41. The van der Waals surface area contributed by atoms with E-state index in [9.17, 15) is 9.59 Å².